The summed E-state index contributed by atoms with van der Waals surface area (Å²) in [6.07, 6.45) is 0. The third-order valence-electron chi connectivity index (χ3n) is 2.91. The highest BCUT2D eigenvalue weighted by molar-refractivity contribution is 7.17. The van der Waals surface area contributed by atoms with E-state index in [1.165, 1.54) is 11.3 Å². The lowest BCUT2D eigenvalue weighted by Gasteiger charge is -2.26. The van der Waals surface area contributed by atoms with Crippen LogP contribution >= 0.6 is 11.3 Å². The van der Waals surface area contributed by atoms with Crippen LogP contribution in [0.1, 0.15) is 36.1 Å². The number of piperazine rings is 1. The van der Waals surface area contributed by atoms with Crippen molar-refractivity contribution in [1.29, 1.82) is 0 Å². The van der Waals surface area contributed by atoms with E-state index < -0.39 is 5.97 Å². The second-order valence-electron chi connectivity index (χ2n) is 5.47. The highest BCUT2D eigenvalue weighted by Crippen LogP contribution is 2.33. The number of aromatic carboxylic acids is 1. The van der Waals surface area contributed by atoms with Crippen molar-refractivity contribution in [3.8, 4) is 0 Å². The maximum atomic E-state index is 11.3. The normalized spacial score (nSPS) is 16.9. The minimum Gasteiger partial charge on any atom is -0.477 e. The first kappa shape index (κ1) is 13.3. The van der Waals surface area contributed by atoms with Gasteiger partial charge in [0.15, 0.2) is 5.13 Å². The Labute approximate surface area is 111 Å². The molecule has 1 fully saturated rings. The Morgan fingerprint density at radius 3 is 2.44 bits per heavy atom. The first-order valence-electron chi connectivity index (χ1n) is 6.10. The van der Waals surface area contributed by atoms with Crippen LogP contribution in [-0.2, 0) is 5.41 Å². The molecule has 0 radical (unpaired) electrons. The molecule has 1 aliphatic rings. The molecule has 1 saturated heterocycles. The molecule has 0 bridgehead atoms. The quantitative estimate of drug-likeness (QED) is 0.852. The molecule has 6 heteroatoms. The molecule has 1 aromatic heterocycles. The summed E-state index contributed by atoms with van der Waals surface area (Å²) in [5, 5.41) is 13.4. The summed E-state index contributed by atoms with van der Waals surface area (Å²) in [5.41, 5.74) is 0.449. The molecule has 2 rings (SSSR count). The van der Waals surface area contributed by atoms with Gasteiger partial charge in [-0.1, -0.05) is 32.1 Å². The van der Waals surface area contributed by atoms with E-state index in [0.29, 0.717) is 10.6 Å². The smallest absolute Gasteiger partial charge is 0.347 e. The lowest BCUT2D eigenvalue weighted by molar-refractivity contribution is 0.0699. The van der Waals surface area contributed by atoms with E-state index in [-0.39, 0.29) is 5.41 Å². The Morgan fingerprint density at radius 1 is 1.39 bits per heavy atom. The molecule has 0 atom stereocenters. The molecule has 2 N–H and O–H groups in total. The molecule has 1 aliphatic heterocycles. The van der Waals surface area contributed by atoms with Gasteiger partial charge in [-0.2, -0.15) is 0 Å². The molecule has 18 heavy (non-hydrogen) atoms. The van der Waals surface area contributed by atoms with E-state index in [1.807, 2.05) is 20.8 Å². The van der Waals surface area contributed by atoms with Crippen molar-refractivity contribution in [2.75, 3.05) is 31.1 Å². The third kappa shape index (κ3) is 2.64. The van der Waals surface area contributed by atoms with Crippen molar-refractivity contribution in [2.24, 2.45) is 0 Å². The molecule has 0 amide bonds. The SMILES string of the molecule is CC(C)(C)c1nc(N2CCNCC2)sc1C(=O)O. The number of nitrogens with zero attached hydrogens (tertiary/aromatic N) is 2. The third-order valence-corrected chi connectivity index (χ3v) is 4.01. The van der Waals surface area contributed by atoms with Crippen molar-refractivity contribution < 1.29 is 9.90 Å². The maximum absolute atomic E-state index is 11.3. The topological polar surface area (TPSA) is 65.5 Å². The lowest BCUT2D eigenvalue weighted by atomic mass is 9.91. The van der Waals surface area contributed by atoms with Crippen LogP contribution in [0.2, 0.25) is 0 Å². The van der Waals surface area contributed by atoms with Crippen molar-refractivity contribution in [3.05, 3.63) is 10.6 Å². The fraction of sp³-hybridized carbons (Fsp3) is 0.667. The number of nitrogens with one attached hydrogen (secondary N) is 1. The fourth-order valence-electron chi connectivity index (χ4n) is 1.95. The van der Waals surface area contributed by atoms with Crippen LogP contribution in [0.15, 0.2) is 0 Å². The molecule has 100 valence electrons. The fourth-order valence-corrected chi connectivity index (χ4v) is 3.12. The molecule has 0 aromatic carbocycles. The van der Waals surface area contributed by atoms with E-state index in [4.69, 9.17) is 0 Å². The highest BCUT2D eigenvalue weighted by atomic mass is 32.1. The van der Waals surface area contributed by atoms with Crippen LogP contribution in [0.4, 0.5) is 5.13 Å². The van der Waals surface area contributed by atoms with Gasteiger partial charge in [0.2, 0.25) is 0 Å². The molecule has 0 spiro atoms. The number of carboxylic acids is 1. The zero-order valence-corrected chi connectivity index (χ0v) is 11.8. The van der Waals surface area contributed by atoms with E-state index in [2.05, 4.69) is 15.2 Å². The van der Waals surface area contributed by atoms with Gasteiger partial charge in [-0.3, -0.25) is 0 Å². The van der Waals surface area contributed by atoms with Crippen molar-refractivity contribution in [3.63, 3.8) is 0 Å². The van der Waals surface area contributed by atoms with Gasteiger partial charge >= 0.3 is 5.97 Å². The standard InChI is InChI=1S/C12H19N3O2S/c1-12(2,3)9-8(10(16)17)18-11(14-9)15-6-4-13-5-7-15/h13H,4-7H2,1-3H3,(H,16,17). The average molecular weight is 269 g/mol. The average Bonchev–Trinajstić information content (AvgIpc) is 2.74. The first-order chi connectivity index (χ1) is 8.39. The Bertz CT molecular complexity index is 445. The molecule has 2 heterocycles. The largest absolute Gasteiger partial charge is 0.477 e. The van der Waals surface area contributed by atoms with E-state index >= 15 is 0 Å². The Morgan fingerprint density at radius 2 is 2.00 bits per heavy atom. The molecule has 0 aliphatic carbocycles. The second-order valence-corrected chi connectivity index (χ2v) is 6.44. The van der Waals surface area contributed by atoms with Crippen LogP contribution < -0.4 is 10.2 Å². The molecule has 0 saturated carbocycles. The van der Waals surface area contributed by atoms with Gasteiger partial charge in [-0.05, 0) is 0 Å². The van der Waals surface area contributed by atoms with Crippen LogP contribution in [0, 0.1) is 0 Å². The zero-order chi connectivity index (χ0) is 13.3. The van der Waals surface area contributed by atoms with Crippen molar-refractivity contribution >= 4 is 22.4 Å². The number of hydrogen-bond donors (Lipinski definition) is 2. The first-order valence-corrected chi connectivity index (χ1v) is 6.91. The predicted octanol–water partition coefficient (Wildman–Crippen LogP) is 1.55. The van der Waals surface area contributed by atoms with Gasteiger partial charge in [0.05, 0.1) is 5.69 Å². The summed E-state index contributed by atoms with van der Waals surface area (Å²) in [6, 6.07) is 0. The summed E-state index contributed by atoms with van der Waals surface area (Å²) >= 11 is 1.29. The number of rotatable bonds is 2. The molecular weight excluding hydrogens is 250 g/mol. The molecule has 1 aromatic rings. The van der Waals surface area contributed by atoms with E-state index in [1.54, 1.807) is 0 Å². The number of carboxylic acid groups (broad SMARTS) is 1. The number of anilines is 1. The predicted molar refractivity (Wildman–Crippen MR) is 72.9 cm³/mol. The summed E-state index contributed by atoms with van der Waals surface area (Å²) in [6.45, 7) is 9.61. The number of aromatic nitrogens is 1. The molecule has 0 unspecified atom stereocenters. The van der Waals surface area contributed by atoms with Crippen LogP contribution in [-0.4, -0.2) is 42.2 Å². The lowest BCUT2D eigenvalue weighted by Crippen LogP contribution is -2.43. The Balaban J connectivity index is 2.35. The van der Waals surface area contributed by atoms with Crippen LogP contribution in [0.5, 0.6) is 0 Å². The van der Waals surface area contributed by atoms with E-state index in [9.17, 15) is 9.90 Å². The van der Waals surface area contributed by atoms with E-state index in [0.717, 1.165) is 31.3 Å². The Kier molecular flexibility index (Phi) is 3.59. The summed E-state index contributed by atoms with van der Waals surface area (Å²) < 4.78 is 0. The minimum absolute atomic E-state index is 0.240. The summed E-state index contributed by atoms with van der Waals surface area (Å²) in [7, 11) is 0. The highest BCUT2D eigenvalue weighted by Gasteiger charge is 2.28. The molecule has 5 nitrogen and oxygen atoms in total. The van der Waals surface area contributed by atoms with Crippen molar-refractivity contribution in [1.82, 2.24) is 10.3 Å². The van der Waals surface area contributed by atoms with Gasteiger partial charge in [0.1, 0.15) is 4.88 Å². The van der Waals surface area contributed by atoms with Gasteiger partial charge in [-0.25, -0.2) is 9.78 Å². The molecular formula is C12H19N3O2S. The second kappa shape index (κ2) is 4.85. The van der Waals surface area contributed by atoms with Gasteiger partial charge in [-0.15, -0.1) is 0 Å². The van der Waals surface area contributed by atoms with Crippen LogP contribution in [0.3, 0.4) is 0 Å². The van der Waals surface area contributed by atoms with Crippen LogP contribution in [0.25, 0.3) is 0 Å². The number of carbonyl (C=O) groups is 1. The summed E-state index contributed by atoms with van der Waals surface area (Å²) in [5.74, 6) is -0.876. The summed E-state index contributed by atoms with van der Waals surface area (Å²) in [4.78, 5) is 18.4. The van der Waals surface area contributed by atoms with Gasteiger partial charge in [0, 0.05) is 31.6 Å². The van der Waals surface area contributed by atoms with Crippen molar-refractivity contribution in [2.45, 2.75) is 26.2 Å². The number of thiazole rings is 1. The minimum atomic E-state index is -0.876. The van der Waals surface area contributed by atoms with Gasteiger partial charge in [0.25, 0.3) is 0 Å². The zero-order valence-electron chi connectivity index (χ0n) is 11.0. The Hall–Kier alpha value is -1.14. The number of hydrogen-bond acceptors (Lipinski definition) is 5. The maximum Gasteiger partial charge on any atom is 0.347 e. The van der Waals surface area contributed by atoms with Gasteiger partial charge < -0.3 is 15.3 Å². The monoisotopic (exact) mass is 269 g/mol.